The lowest BCUT2D eigenvalue weighted by Gasteiger charge is -2.34. The first-order chi connectivity index (χ1) is 8.65. The first kappa shape index (κ1) is 12.0. The number of amides is 1. The molecule has 3 unspecified atom stereocenters. The fourth-order valence-corrected chi connectivity index (χ4v) is 3.71. The van der Waals surface area contributed by atoms with Crippen LogP contribution in [0.15, 0.2) is 0 Å². The number of nitrogens with one attached hydrogen (secondary N) is 1. The van der Waals surface area contributed by atoms with Crippen molar-refractivity contribution in [1.82, 2.24) is 10.2 Å². The van der Waals surface area contributed by atoms with Crippen molar-refractivity contribution in [3.8, 4) is 0 Å². The number of hydrogen-bond donors (Lipinski definition) is 2. The lowest BCUT2D eigenvalue weighted by Crippen LogP contribution is -2.47. The topological polar surface area (TPSA) is 69.6 Å². The lowest BCUT2D eigenvalue weighted by atomic mass is 9.87. The van der Waals surface area contributed by atoms with E-state index in [4.69, 9.17) is 5.11 Å². The highest BCUT2D eigenvalue weighted by Gasteiger charge is 2.44. The van der Waals surface area contributed by atoms with Gasteiger partial charge in [0.2, 0.25) is 5.91 Å². The fourth-order valence-electron chi connectivity index (χ4n) is 3.71. The molecule has 2 bridgehead atoms. The standard InChI is InChI=1S/C13H20N2O3/c16-12(10-6-9-3-4-11(10)14-9)15-5-1-2-8(7-15)13(17)18/h8-11,14H,1-7H2,(H,17,18)/t8-,9?,10?,11?/m0/s1. The maximum atomic E-state index is 12.5. The molecule has 0 aromatic heterocycles. The van der Waals surface area contributed by atoms with Crippen molar-refractivity contribution in [3.63, 3.8) is 0 Å². The molecule has 5 nitrogen and oxygen atoms in total. The van der Waals surface area contributed by atoms with Crippen molar-refractivity contribution < 1.29 is 14.7 Å². The van der Waals surface area contributed by atoms with Crippen LogP contribution in [0.3, 0.4) is 0 Å². The third-order valence-electron chi connectivity index (χ3n) is 4.70. The number of piperidine rings is 1. The van der Waals surface area contributed by atoms with Crippen LogP contribution in [0.25, 0.3) is 0 Å². The molecular formula is C13H20N2O3. The molecule has 3 rings (SSSR count). The molecule has 3 fully saturated rings. The molecule has 3 saturated heterocycles. The van der Waals surface area contributed by atoms with E-state index >= 15 is 0 Å². The van der Waals surface area contributed by atoms with Gasteiger partial charge in [-0.05, 0) is 32.1 Å². The number of fused-ring (bicyclic) bond motifs is 2. The number of carboxylic acids is 1. The average Bonchev–Trinajstić information content (AvgIpc) is 3.00. The molecule has 1 amide bonds. The smallest absolute Gasteiger partial charge is 0.308 e. The van der Waals surface area contributed by atoms with E-state index in [9.17, 15) is 9.59 Å². The van der Waals surface area contributed by atoms with Crippen LogP contribution in [0.2, 0.25) is 0 Å². The van der Waals surface area contributed by atoms with E-state index in [1.807, 2.05) is 0 Å². The maximum absolute atomic E-state index is 12.5. The van der Waals surface area contributed by atoms with Gasteiger partial charge in [-0.25, -0.2) is 0 Å². The third kappa shape index (κ3) is 2.00. The number of likely N-dealkylation sites (tertiary alicyclic amines) is 1. The number of aliphatic carboxylic acids is 1. The first-order valence-corrected chi connectivity index (χ1v) is 6.93. The Morgan fingerprint density at radius 3 is 2.67 bits per heavy atom. The van der Waals surface area contributed by atoms with Gasteiger partial charge in [0.15, 0.2) is 0 Å². The summed E-state index contributed by atoms with van der Waals surface area (Å²) in [6.07, 6.45) is 4.74. The van der Waals surface area contributed by atoms with Crippen molar-refractivity contribution >= 4 is 11.9 Å². The molecule has 3 heterocycles. The van der Waals surface area contributed by atoms with Gasteiger partial charge in [0.05, 0.1) is 11.8 Å². The molecule has 3 aliphatic heterocycles. The van der Waals surface area contributed by atoms with E-state index in [1.54, 1.807) is 4.90 Å². The van der Waals surface area contributed by atoms with Gasteiger partial charge in [-0.1, -0.05) is 0 Å². The van der Waals surface area contributed by atoms with E-state index in [0.29, 0.717) is 25.0 Å². The van der Waals surface area contributed by atoms with Crippen LogP contribution in [-0.4, -0.2) is 47.1 Å². The Hall–Kier alpha value is -1.10. The van der Waals surface area contributed by atoms with E-state index < -0.39 is 5.97 Å². The normalized spacial score (nSPS) is 39.0. The van der Waals surface area contributed by atoms with Crippen molar-refractivity contribution in [1.29, 1.82) is 0 Å². The Bertz CT molecular complexity index is 371. The Morgan fingerprint density at radius 2 is 2.06 bits per heavy atom. The summed E-state index contributed by atoms with van der Waals surface area (Å²) in [6.45, 7) is 1.14. The van der Waals surface area contributed by atoms with E-state index in [2.05, 4.69) is 5.32 Å². The quantitative estimate of drug-likeness (QED) is 0.748. The fraction of sp³-hybridized carbons (Fsp3) is 0.846. The second kappa shape index (κ2) is 4.53. The van der Waals surface area contributed by atoms with Gasteiger partial charge in [-0.15, -0.1) is 0 Å². The largest absolute Gasteiger partial charge is 0.481 e. The summed E-state index contributed by atoms with van der Waals surface area (Å²) in [5.74, 6) is -0.857. The van der Waals surface area contributed by atoms with Gasteiger partial charge in [-0.2, -0.15) is 0 Å². The summed E-state index contributed by atoms with van der Waals surface area (Å²) >= 11 is 0. The predicted molar refractivity (Wildman–Crippen MR) is 65.0 cm³/mol. The Morgan fingerprint density at radius 1 is 1.22 bits per heavy atom. The Labute approximate surface area is 107 Å². The molecule has 0 radical (unpaired) electrons. The molecule has 3 aliphatic rings. The monoisotopic (exact) mass is 252 g/mol. The van der Waals surface area contributed by atoms with Crippen LogP contribution in [0.4, 0.5) is 0 Å². The van der Waals surface area contributed by atoms with Crippen LogP contribution in [0, 0.1) is 11.8 Å². The molecule has 2 N–H and O–H groups in total. The number of hydrogen-bond acceptors (Lipinski definition) is 3. The van der Waals surface area contributed by atoms with Gasteiger partial charge in [0.25, 0.3) is 0 Å². The summed E-state index contributed by atoms with van der Waals surface area (Å²) in [5, 5.41) is 12.5. The highest BCUT2D eigenvalue weighted by molar-refractivity contribution is 5.81. The van der Waals surface area contributed by atoms with Crippen LogP contribution >= 0.6 is 0 Å². The van der Waals surface area contributed by atoms with Crippen LogP contribution in [-0.2, 0) is 9.59 Å². The highest BCUT2D eigenvalue weighted by atomic mass is 16.4. The zero-order valence-electron chi connectivity index (χ0n) is 10.5. The van der Waals surface area contributed by atoms with Gasteiger partial charge in [0.1, 0.15) is 0 Å². The van der Waals surface area contributed by atoms with Gasteiger partial charge >= 0.3 is 5.97 Å². The van der Waals surface area contributed by atoms with Crippen molar-refractivity contribution in [2.75, 3.05) is 13.1 Å². The minimum Gasteiger partial charge on any atom is -0.481 e. The second-order valence-corrected chi connectivity index (χ2v) is 5.85. The SMILES string of the molecule is O=C(O)[C@H]1CCCN(C(=O)C2CC3CCC2N3)C1. The molecule has 0 aliphatic carbocycles. The van der Waals surface area contributed by atoms with Crippen LogP contribution in [0.1, 0.15) is 32.1 Å². The number of carbonyl (C=O) groups is 2. The van der Waals surface area contributed by atoms with E-state index in [0.717, 1.165) is 25.8 Å². The van der Waals surface area contributed by atoms with Gasteiger partial charge < -0.3 is 15.3 Å². The number of carboxylic acid groups (broad SMARTS) is 1. The zero-order valence-corrected chi connectivity index (χ0v) is 10.5. The Kier molecular flexibility index (Phi) is 3.01. The summed E-state index contributed by atoms with van der Waals surface area (Å²) in [7, 11) is 0. The second-order valence-electron chi connectivity index (χ2n) is 5.85. The number of carbonyl (C=O) groups excluding carboxylic acids is 1. The average molecular weight is 252 g/mol. The molecule has 0 saturated carbocycles. The Balaban J connectivity index is 1.64. The summed E-state index contributed by atoms with van der Waals surface area (Å²) in [6, 6.07) is 0.858. The summed E-state index contributed by atoms with van der Waals surface area (Å²) < 4.78 is 0. The minimum absolute atomic E-state index is 0.0938. The highest BCUT2D eigenvalue weighted by Crippen LogP contribution is 2.35. The minimum atomic E-state index is -0.765. The van der Waals surface area contributed by atoms with Crippen molar-refractivity contribution in [3.05, 3.63) is 0 Å². The molecule has 100 valence electrons. The third-order valence-corrected chi connectivity index (χ3v) is 4.70. The predicted octanol–water partition coefficient (Wildman–Crippen LogP) is 0.450. The summed E-state index contributed by atoms with van der Waals surface area (Å²) in [4.78, 5) is 25.3. The molecule has 5 heteroatoms. The molecule has 4 atom stereocenters. The molecule has 0 spiro atoms. The molecule has 0 aromatic rings. The van der Waals surface area contributed by atoms with Crippen molar-refractivity contribution in [2.45, 2.75) is 44.2 Å². The number of nitrogens with zero attached hydrogens (tertiary/aromatic N) is 1. The van der Waals surface area contributed by atoms with Crippen LogP contribution < -0.4 is 5.32 Å². The van der Waals surface area contributed by atoms with Crippen molar-refractivity contribution in [2.24, 2.45) is 11.8 Å². The van der Waals surface area contributed by atoms with Gasteiger partial charge in [-0.3, -0.25) is 9.59 Å². The first-order valence-electron chi connectivity index (χ1n) is 6.93. The number of rotatable bonds is 2. The molecule has 18 heavy (non-hydrogen) atoms. The van der Waals surface area contributed by atoms with E-state index in [1.165, 1.54) is 6.42 Å². The maximum Gasteiger partial charge on any atom is 0.308 e. The molecule has 0 aromatic carbocycles. The van der Waals surface area contributed by atoms with Crippen LogP contribution in [0.5, 0.6) is 0 Å². The zero-order chi connectivity index (χ0) is 12.7. The van der Waals surface area contributed by atoms with Gasteiger partial charge in [0, 0.05) is 25.2 Å². The molecular weight excluding hydrogens is 232 g/mol. The summed E-state index contributed by atoms with van der Waals surface area (Å²) in [5.41, 5.74) is 0. The van der Waals surface area contributed by atoms with E-state index in [-0.39, 0.29) is 17.7 Å². The lowest BCUT2D eigenvalue weighted by molar-refractivity contribution is -0.147.